The summed E-state index contributed by atoms with van der Waals surface area (Å²) in [4.78, 5) is 8.34. The number of pyridine rings is 1. The molecule has 0 saturated carbocycles. The highest BCUT2D eigenvalue weighted by Crippen LogP contribution is 2.30. The van der Waals surface area contributed by atoms with Crippen molar-refractivity contribution >= 4 is 11.1 Å². The molecule has 0 saturated heterocycles. The Bertz CT molecular complexity index is 1050. The fourth-order valence-electron chi connectivity index (χ4n) is 2.97. The van der Waals surface area contributed by atoms with Crippen LogP contribution >= 0.6 is 0 Å². The molecule has 124 valence electrons. The third-order valence-electron chi connectivity index (χ3n) is 4.37. The molecule has 0 aliphatic carbocycles. The van der Waals surface area contributed by atoms with Crippen LogP contribution in [-0.4, -0.2) is 9.97 Å². The topological polar surface area (TPSA) is 38.9 Å². The number of benzene rings is 2. The number of nitrogens with zero attached hydrogens (tertiary/aromatic N) is 2. The number of hydrogen-bond donors (Lipinski definition) is 0. The minimum Gasteiger partial charge on any atom is -0.436 e. The van der Waals surface area contributed by atoms with Crippen molar-refractivity contribution in [2.75, 3.05) is 0 Å². The van der Waals surface area contributed by atoms with Crippen molar-refractivity contribution in [3.63, 3.8) is 0 Å². The van der Waals surface area contributed by atoms with Crippen molar-refractivity contribution in [2.45, 2.75) is 20.3 Å². The summed E-state index contributed by atoms with van der Waals surface area (Å²) >= 11 is 0. The molecule has 0 unspecified atom stereocenters. The minimum atomic E-state index is -0.476. The first-order chi connectivity index (χ1) is 12.1. The summed E-state index contributed by atoms with van der Waals surface area (Å²) in [5.41, 5.74) is 6.78. The Hall–Kier alpha value is -3.01. The standard InChI is InChI=1S/C21H17FN2O/c1-3-14-4-8-19-18(11-14)24-21(25-19)15-5-7-17(13(2)10-15)16-6-9-20(22)23-12-16/h4-12H,3H2,1-2H3. The highest BCUT2D eigenvalue weighted by atomic mass is 19.1. The lowest BCUT2D eigenvalue weighted by molar-refractivity contribution is 0.584. The molecule has 4 rings (SSSR count). The van der Waals surface area contributed by atoms with Gasteiger partial charge in [-0.2, -0.15) is 4.39 Å². The van der Waals surface area contributed by atoms with Gasteiger partial charge in [0, 0.05) is 17.3 Å². The first-order valence-electron chi connectivity index (χ1n) is 8.26. The van der Waals surface area contributed by atoms with Gasteiger partial charge in [0.25, 0.3) is 0 Å². The second kappa shape index (κ2) is 6.13. The zero-order valence-corrected chi connectivity index (χ0v) is 14.1. The van der Waals surface area contributed by atoms with Crippen LogP contribution in [0, 0.1) is 12.9 Å². The molecule has 0 fully saturated rings. The molecule has 0 spiro atoms. The molecule has 4 heteroatoms. The maximum absolute atomic E-state index is 13.0. The molecule has 2 aromatic heterocycles. The van der Waals surface area contributed by atoms with E-state index in [9.17, 15) is 4.39 Å². The normalized spacial score (nSPS) is 11.2. The van der Waals surface area contributed by atoms with Gasteiger partial charge in [-0.15, -0.1) is 0 Å². The van der Waals surface area contributed by atoms with Crippen molar-refractivity contribution < 1.29 is 8.81 Å². The molecule has 0 amide bonds. The number of halogens is 1. The van der Waals surface area contributed by atoms with E-state index in [0.29, 0.717) is 5.89 Å². The summed E-state index contributed by atoms with van der Waals surface area (Å²) in [5, 5.41) is 0. The molecule has 3 nitrogen and oxygen atoms in total. The van der Waals surface area contributed by atoms with E-state index in [1.807, 2.05) is 31.2 Å². The van der Waals surface area contributed by atoms with Gasteiger partial charge in [-0.25, -0.2) is 9.97 Å². The molecule has 0 N–H and O–H groups in total. The molecule has 25 heavy (non-hydrogen) atoms. The van der Waals surface area contributed by atoms with Crippen molar-refractivity contribution in [2.24, 2.45) is 0 Å². The van der Waals surface area contributed by atoms with Crippen LogP contribution in [0.2, 0.25) is 0 Å². The molecular weight excluding hydrogens is 315 g/mol. The predicted molar refractivity (Wildman–Crippen MR) is 96.7 cm³/mol. The maximum atomic E-state index is 13.0. The second-order valence-electron chi connectivity index (χ2n) is 6.07. The van der Waals surface area contributed by atoms with Gasteiger partial charge in [0.2, 0.25) is 11.8 Å². The van der Waals surface area contributed by atoms with Gasteiger partial charge in [-0.3, -0.25) is 0 Å². The SMILES string of the molecule is CCc1ccc2oc(-c3ccc(-c4ccc(F)nc4)c(C)c3)nc2c1. The van der Waals surface area contributed by atoms with E-state index in [-0.39, 0.29) is 0 Å². The Morgan fingerprint density at radius 3 is 2.56 bits per heavy atom. The lowest BCUT2D eigenvalue weighted by atomic mass is 10.00. The van der Waals surface area contributed by atoms with Crippen LogP contribution in [0.3, 0.4) is 0 Å². The largest absolute Gasteiger partial charge is 0.436 e. The van der Waals surface area contributed by atoms with E-state index < -0.39 is 5.95 Å². The summed E-state index contributed by atoms with van der Waals surface area (Å²) in [5.74, 6) is 0.131. The van der Waals surface area contributed by atoms with E-state index in [0.717, 1.165) is 39.8 Å². The number of oxazole rings is 1. The molecule has 0 aliphatic heterocycles. The fraction of sp³-hybridized carbons (Fsp3) is 0.143. The molecule has 2 heterocycles. The molecule has 4 aromatic rings. The van der Waals surface area contributed by atoms with Gasteiger partial charge in [0.05, 0.1) is 0 Å². The highest BCUT2D eigenvalue weighted by Gasteiger charge is 2.11. The number of aryl methyl sites for hydroxylation is 2. The third kappa shape index (κ3) is 2.91. The van der Waals surface area contributed by atoms with Gasteiger partial charge in [-0.05, 0) is 66.4 Å². The van der Waals surface area contributed by atoms with Crippen molar-refractivity contribution in [1.29, 1.82) is 0 Å². The smallest absolute Gasteiger partial charge is 0.227 e. The van der Waals surface area contributed by atoms with E-state index in [1.54, 1.807) is 12.3 Å². The number of rotatable bonds is 3. The van der Waals surface area contributed by atoms with Crippen LogP contribution in [0.4, 0.5) is 4.39 Å². The van der Waals surface area contributed by atoms with E-state index in [2.05, 4.69) is 29.0 Å². The van der Waals surface area contributed by atoms with E-state index >= 15 is 0 Å². The Balaban J connectivity index is 1.74. The molecule has 0 radical (unpaired) electrons. The van der Waals surface area contributed by atoms with Crippen LogP contribution in [0.1, 0.15) is 18.1 Å². The van der Waals surface area contributed by atoms with E-state index in [1.165, 1.54) is 11.6 Å². The minimum absolute atomic E-state index is 0.476. The van der Waals surface area contributed by atoms with Crippen molar-refractivity contribution in [3.05, 3.63) is 71.8 Å². The Morgan fingerprint density at radius 1 is 1.00 bits per heavy atom. The Morgan fingerprint density at radius 2 is 1.84 bits per heavy atom. The molecule has 0 atom stereocenters. The van der Waals surface area contributed by atoms with Crippen LogP contribution in [0.5, 0.6) is 0 Å². The van der Waals surface area contributed by atoms with Crippen molar-refractivity contribution in [1.82, 2.24) is 9.97 Å². The van der Waals surface area contributed by atoms with Crippen molar-refractivity contribution in [3.8, 4) is 22.6 Å². The van der Waals surface area contributed by atoms with Gasteiger partial charge < -0.3 is 4.42 Å². The lowest BCUT2D eigenvalue weighted by Crippen LogP contribution is -1.88. The maximum Gasteiger partial charge on any atom is 0.227 e. The van der Waals surface area contributed by atoms with Crippen LogP contribution in [0.15, 0.2) is 59.1 Å². The lowest BCUT2D eigenvalue weighted by Gasteiger charge is -2.07. The average molecular weight is 332 g/mol. The highest BCUT2D eigenvalue weighted by molar-refractivity contribution is 5.78. The number of fused-ring (bicyclic) bond motifs is 1. The zero-order valence-electron chi connectivity index (χ0n) is 14.1. The quantitative estimate of drug-likeness (QED) is 0.461. The van der Waals surface area contributed by atoms with Crippen LogP contribution in [0.25, 0.3) is 33.7 Å². The molecule has 2 aromatic carbocycles. The Labute approximate surface area is 145 Å². The number of hydrogen-bond acceptors (Lipinski definition) is 3. The van der Waals surface area contributed by atoms with Gasteiger partial charge in [-0.1, -0.05) is 19.1 Å². The van der Waals surface area contributed by atoms with Gasteiger partial charge in [0.15, 0.2) is 5.58 Å². The Kier molecular flexibility index (Phi) is 3.80. The van der Waals surface area contributed by atoms with Crippen LogP contribution in [-0.2, 0) is 6.42 Å². The van der Waals surface area contributed by atoms with E-state index in [4.69, 9.17) is 4.42 Å². The third-order valence-corrected chi connectivity index (χ3v) is 4.37. The summed E-state index contributed by atoms with van der Waals surface area (Å²) in [6.45, 7) is 4.13. The fourth-order valence-corrected chi connectivity index (χ4v) is 2.97. The second-order valence-corrected chi connectivity index (χ2v) is 6.07. The van der Waals surface area contributed by atoms with Crippen LogP contribution < -0.4 is 0 Å². The molecule has 0 aliphatic rings. The van der Waals surface area contributed by atoms with Gasteiger partial charge in [0.1, 0.15) is 5.52 Å². The predicted octanol–water partition coefficient (Wildman–Crippen LogP) is 5.57. The first kappa shape index (κ1) is 15.5. The first-order valence-corrected chi connectivity index (χ1v) is 8.26. The zero-order chi connectivity index (χ0) is 17.4. The summed E-state index contributed by atoms with van der Waals surface area (Å²) in [6, 6.07) is 15.2. The monoisotopic (exact) mass is 332 g/mol. The summed E-state index contributed by atoms with van der Waals surface area (Å²) in [6.07, 6.45) is 2.51. The molecular formula is C21H17FN2O. The van der Waals surface area contributed by atoms with Gasteiger partial charge >= 0.3 is 0 Å². The summed E-state index contributed by atoms with van der Waals surface area (Å²) in [7, 11) is 0. The molecule has 0 bridgehead atoms. The number of aromatic nitrogens is 2. The average Bonchev–Trinajstić information content (AvgIpc) is 3.05. The summed E-state index contributed by atoms with van der Waals surface area (Å²) < 4.78 is 18.9.